The molecular formula is C9H10BrN3OS. The third-order valence-corrected chi connectivity index (χ3v) is 3.01. The molecule has 1 amide bonds. The molecule has 1 unspecified atom stereocenters. The SMILES string of the molecule is O=C1Nc2ncc(Br)cc2CNC1CS. The highest BCUT2D eigenvalue weighted by atomic mass is 79.9. The predicted octanol–water partition coefficient (Wildman–Crippen LogP) is 1.18. The van der Waals surface area contributed by atoms with Crippen LogP contribution in [0.25, 0.3) is 0 Å². The summed E-state index contributed by atoms with van der Waals surface area (Å²) in [6, 6.07) is 1.68. The molecule has 0 aliphatic carbocycles. The van der Waals surface area contributed by atoms with Crippen LogP contribution in [0, 0.1) is 0 Å². The molecule has 1 aromatic rings. The highest BCUT2D eigenvalue weighted by Crippen LogP contribution is 2.20. The summed E-state index contributed by atoms with van der Waals surface area (Å²) < 4.78 is 0.904. The maximum atomic E-state index is 11.6. The van der Waals surface area contributed by atoms with E-state index in [0.717, 1.165) is 10.0 Å². The number of carbonyl (C=O) groups is 1. The fourth-order valence-corrected chi connectivity index (χ4v) is 2.08. The van der Waals surface area contributed by atoms with E-state index in [1.54, 1.807) is 6.20 Å². The molecule has 1 aliphatic rings. The summed E-state index contributed by atoms with van der Waals surface area (Å²) >= 11 is 7.46. The van der Waals surface area contributed by atoms with E-state index in [2.05, 4.69) is 44.2 Å². The van der Waals surface area contributed by atoms with Crippen LogP contribution in [-0.2, 0) is 11.3 Å². The molecule has 0 aromatic carbocycles. The fraction of sp³-hybridized carbons (Fsp3) is 0.333. The van der Waals surface area contributed by atoms with Crippen LogP contribution in [0.3, 0.4) is 0 Å². The number of thiol groups is 1. The van der Waals surface area contributed by atoms with Gasteiger partial charge in [0.05, 0.1) is 6.04 Å². The largest absolute Gasteiger partial charge is 0.309 e. The average molecular weight is 288 g/mol. The van der Waals surface area contributed by atoms with Crippen LogP contribution in [0.4, 0.5) is 5.82 Å². The molecule has 0 radical (unpaired) electrons. The van der Waals surface area contributed by atoms with Crippen LogP contribution in [0.5, 0.6) is 0 Å². The Labute approximate surface area is 101 Å². The molecule has 4 nitrogen and oxygen atoms in total. The first-order valence-corrected chi connectivity index (χ1v) is 5.93. The number of hydrogen-bond donors (Lipinski definition) is 3. The van der Waals surface area contributed by atoms with Gasteiger partial charge in [-0.25, -0.2) is 4.98 Å². The number of pyridine rings is 1. The zero-order chi connectivity index (χ0) is 10.8. The number of hydrogen-bond acceptors (Lipinski definition) is 4. The summed E-state index contributed by atoms with van der Waals surface area (Å²) in [6.07, 6.45) is 1.67. The first-order chi connectivity index (χ1) is 7.20. The van der Waals surface area contributed by atoms with Gasteiger partial charge in [0.1, 0.15) is 5.82 Å². The van der Waals surface area contributed by atoms with E-state index < -0.39 is 0 Å². The van der Waals surface area contributed by atoms with Crippen LogP contribution >= 0.6 is 28.6 Å². The van der Waals surface area contributed by atoms with Crippen molar-refractivity contribution in [3.05, 3.63) is 22.3 Å². The number of aromatic nitrogens is 1. The maximum Gasteiger partial charge on any atom is 0.243 e. The van der Waals surface area contributed by atoms with Gasteiger partial charge in [-0.2, -0.15) is 12.6 Å². The molecule has 6 heteroatoms. The fourth-order valence-electron chi connectivity index (χ4n) is 1.41. The summed E-state index contributed by atoms with van der Waals surface area (Å²) in [6.45, 7) is 0.617. The summed E-state index contributed by atoms with van der Waals surface area (Å²) in [7, 11) is 0. The van der Waals surface area contributed by atoms with E-state index in [4.69, 9.17) is 0 Å². The minimum atomic E-state index is -0.263. The van der Waals surface area contributed by atoms with Gasteiger partial charge in [0, 0.05) is 28.5 Å². The number of halogens is 1. The van der Waals surface area contributed by atoms with Gasteiger partial charge in [0.25, 0.3) is 0 Å². The van der Waals surface area contributed by atoms with Crippen molar-refractivity contribution in [1.29, 1.82) is 0 Å². The van der Waals surface area contributed by atoms with Gasteiger partial charge in [-0.05, 0) is 22.0 Å². The van der Waals surface area contributed by atoms with Crippen LogP contribution in [-0.4, -0.2) is 22.7 Å². The Morgan fingerprint density at radius 3 is 3.20 bits per heavy atom. The van der Waals surface area contributed by atoms with E-state index in [9.17, 15) is 4.79 Å². The van der Waals surface area contributed by atoms with E-state index in [0.29, 0.717) is 18.1 Å². The molecule has 2 N–H and O–H groups in total. The molecule has 15 heavy (non-hydrogen) atoms. The number of nitrogens with one attached hydrogen (secondary N) is 2. The van der Waals surface area contributed by atoms with E-state index in [1.165, 1.54) is 0 Å². The molecule has 2 heterocycles. The number of fused-ring (bicyclic) bond motifs is 1. The van der Waals surface area contributed by atoms with Crippen molar-refractivity contribution in [2.45, 2.75) is 12.6 Å². The smallest absolute Gasteiger partial charge is 0.243 e. The molecule has 1 aliphatic heterocycles. The van der Waals surface area contributed by atoms with E-state index in [-0.39, 0.29) is 11.9 Å². The zero-order valence-corrected chi connectivity index (χ0v) is 10.3. The number of amides is 1. The second-order valence-electron chi connectivity index (χ2n) is 3.27. The van der Waals surface area contributed by atoms with Gasteiger partial charge >= 0.3 is 0 Å². The minimum Gasteiger partial charge on any atom is -0.309 e. The number of rotatable bonds is 1. The van der Waals surface area contributed by atoms with Crippen LogP contribution in [0.2, 0.25) is 0 Å². The lowest BCUT2D eigenvalue weighted by Gasteiger charge is -2.09. The average Bonchev–Trinajstić information content (AvgIpc) is 2.36. The van der Waals surface area contributed by atoms with Crippen LogP contribution in [0.1, 0.15) is 5.56 Å². The van der Waals surface area contributed by atoms with Crippen molar-refractivity contribution in [2.24, 2.45) is 0 Å². The van der Waals surface area contributed by atoms with Crippen molar-refractivity contribution in [3.8, 4) is 0 Å². The van der Waals surface area contributed by atoms with Crippen molar-refractivity contribution >= 4 is 40.3 Å². The van der Waals surface area contributed by atoms with Gasteiger partial charge in [0.2, 0.25) is 5.91 Å². The highest BCUT2D eigenvalue weighted by molar-refractivity contribution is 9.10. The van der Waals surface area contributed by atoms with E-state index in [1.807, 2.05) is 6.07 Å². The molecule has 0 bridgehead atoms. The molecule has 1 atom stereocenters. The number of carbonyl (C=O) groups excluding carboxylic acids is 1. The topological polar surface area (TPSA) is 54.0 Å². The zero-order valence-electron chi connectivity index (χ0n) is 7.83. The molecule has 1 aromatic heterocycles. The normalized spacial score (nSPS) is 20.4. The third kappa shape index (κ3) is 2.32. The number of anilines is 1. The van der Waals surface area contributed by atoms with Gasteiger partial charge in [-0.1, -0.05) is 0 Å². The van der Waals surface area contributed by atoms with Gasteiger partial charge < -0.3 is 10.6 Å². The van der Waals surface area contributed by atoms with Crippen molar-refractivity contribution in [3.63, 3.8) is 0 Å². The Balaban J connectivity index is 2.31. The van der Waals surface area contributed by atoms with Crippen molar-refractivity contribution in [1.82, 2.24) is 10.3 Å². The maximum absolute atomic E-state index is 11.6. The highest BCUT2D eigenvalue weighted by Gasteiger charge is 2.22. The molecule has 0 spiro atoms. The second kappa shape index (κ2) is 4.51. The standard InChI is InChI=1S/C9H10BrN3OS/c10-6-1-5-2-11-7(4-15)9(14)13-8(5)12-3-6/h1,3,7,11,15H,2,4H2,(H,12,13,14). The summed E-state index contributed by atoms with van der Waals surface area (Å²) in [4.78, 5) is 15.8. The summed E-state index contributed by atoms with van der Waals surface area (Å²) in [5.41, 5.74) is 0.974. The first kappa shape index (κ1) is 10.9. The first-order valence-electron chi connectivity index (χ1n) is 4.50. The molecular weight excluding hydrogens is 278 g/mol. The Bertz CT molecular complexity index is 399. The van der Waals surface area contributed by atoms with Gasteiger partial charge in [-0.3, -0.25) is 4.79 Å². The Hall–Kier alpha value is -0.590. The van der Waals surface area contributed by atoms with Crippen molar-refractivity contribution in [2.75, 3.05) is 11.1 Å². The van der Waals surface area contributed by atoms with Crippen molar-refractivity contribution < 1.29 is 4.79 Å². The second-order valence-corrected chi connectivity index (χ2v) is 4.55. The Morgan fingerprint density at radius 2 is 2.47 bits per heavy atom. The third-order valence-electron chi connectivity index (χ3n) is 2.21. The number of nitrogens with zero attached hydrogens (tertiary/aromatic N) is 1. The van der Waals surface area contributed by atoms with Gasteiger partial charge in [-0.15, -0.1) is 0 Å². The molecule has 0 saturated heterocycles. The van der Waals surface area contributed by atoms with Crippen LogP contribution < -0.4 is 10.6 Å². The molecule has 0 saturated carbocycles. The predicted molar refractivity (Wildman–Crippen MR) is 65.0 cm³/mol. The quantitative estimate of drug-likeness (QED) is 0.680. The lowest BCUT2D eigenvalue weighted by atomic mass is 10.2. The molecule has 2 rings (SSSR count). The van der Waals surface area contributed by atoms with E-state index >= 15 is 0 Å². The minimum absolute atomic E-state index is 0.0847. The Kier molecular flexibility index (Phi) is 3.28. The van der Waals surface area contributed by atoms with Crippen LogP contribution in [0.15, 0.2) is 16.7 Å². The lowest BCUT2D eigenvalue weighted by molar-refractivity contribution is -0.117. The molecule has 80 valence electrons. The Morgan fingerprint density at radius 1 is 1.67 bits per heavy atom. The monoisotopic (exact) mass is 287 g/mol. The molecule has 0 fully saturated rings. The summed E-state index contributed by atoms with van der Waals surface area (Å²) in [5, 5.41) is 5.88. The van der Waals surface area contributed by atoms with Gasteiger partial charge in [0.15, 0.2) is 0 Å². The lowest BCUT2D eigenvalue weighted by Crippen LogP contribution is -2.39. The summed E-state index contributed by atoms with van der Waals surface area (Å²) in [5.74, 6) is 1.01.